The number of hydroxylamine groups is 1. The number of hydrogen-bond donors (Lipinski definition) is 1. The van der Waals surface area contributed by atoms with Gasteiger partial charge in [-0.1, -0.05) is 0 Å². The molecule has 0 atom stereocenters. The molecule has 0 saturated heterocycles. The van der Waals surface area contributed by atoms with Crippen LogP contribution in [0.25, 0.3) is 0 Å². The van der Waals surface area contributed by atoms with Crippen LogP contribution in [-0.2, 0) is 11.9 Å². The van der Waals surface area contributed by atoms with Crippen molar-refractivity contribution in [3.63, 3.8) is 0 Å². The smallest absolute Gasteiger partial charge is 0.274 e. The molecule has 0 aliphatic heterocycles. The maximum Gasteiger partial charge on any atom is 0.296 e. The average Bonchev–Trinajstić information content (AvgIpc) is 2.41. The van der Waals surface area contributed by atoms with Gasteiger partial charge in [-0.05, 0) is 22.9 Å². The van der Waals surface area contributed by atoms with E-state index in [-0.39, 0.29) is 5.91 Å². The van der Waals surface area contributed by atoms with Crippen molar-refractivity contribution in [2.75, 3.05) is 6.61 Å². The van der Waals surface area contributed by atoms with E-state index in [2.05, 4.69) is 26.5 Å². The Balaban J connectivity index is 2.70. The Labute approximate surface area is 84.1 Å². The number of carbonyl (C=O) groups excluding carboxylic acids is 1. The van der Waals surface area contributed by atoms with Gasteiger partial charge < -0.3 is 0 Å². The lowest BCUT2D eigenvalue weighted by Crippen LogP contribution is -2.24. The molecule has 1 amide bonds. The molecular formula is C7H10BrN3O2. The van der Waals surface area contributed by atoms with E-state index >= 15 is 0 Å². The summed E-state index contributed by atoms with van der Waals surface area (Å²) in [4.78, 5) is 16.0. The van der Waals surface area contributed by atoms with Crippen molar-refractivity contribution < 1.29 is 9.63 Å². The quantitative estimate of drug-likeness (QED) is 0.807. The monoisotopic (exact) mass is 247 g/mol. The van der Waals surface area contributed by atoms with E-state index in [9.17, 15) is 4.79 Å². The number of amides is 1. The normalized spacial score (nSPS) is 10.1. The van der Waals surface area contributed by atoms with Gasteiger partial charge in [0, 0.05) is 13.2 Å². The minimum Gasteiger partial charge on any atom is -0.274 e. The molecule has 0 saturated carbocycles. The maximum atomic E-state index is 11.3. The minimum atomic E-state index is -0.352. The highest BCUT2D eigenvalue weighted by molar-refractivity contribution is 9.10. The van der Waals surface area contributed by atoms with Crippen LogP contribution < -0.4 is 5.48 Å². The second-order valence-electron chi connectivity index (χ2n) is 2.36. The van der Waals surface area contributed by atoms with Gasteiger partial charge in [-0.25, -0.2) is 5.48 Å². The van der Waals surface area contributed by atoms with Gasteiger partial charge in [-0.3, -0.25) is 14.3 Å². The maximum absolute atomic E-state index is 11.3. The van der Waals surface area contributed by atoms with Crippen LogP contribution in [0.3, 0.4) is 0 Å². The molecule has 0 bridgehead atoms. The van der Waals surface area contributed by atoms with Gasteiger partial charge in [-0.2, -0.15) is 5.10 Å². The molecule has 0 aliphatic carbocycles. The number of aryl methyl sites for hydroxylation is 1. The lowest BCUT2D eigenvalue weighted by molar-refractivity contribution is 0.0358. The average molecular weight is 248 g/mol. The van der Waals surface area contributed by atoms with Gasteiger partial charge in [0.15, 0.2) is 5.69 Å². The number of hydrogen-bond acceptors (Lipinski definition) is 3. The molecule has 13 heavy (non-hydrogen) atoms. The summed E-state index contributed by atoms with van der Waals surface area (Å²) in [6, 6.07) is 0. The number of nitrogens with zero attached hydrogens (tertiary/aromatic N) is 2. The predicted octanol–water partition coefficient (Wildman–Crippen LogP) is 0.864. The number of nitrogens with one attached hydrogen (secondary N) is 1. The summed E-state index contributed by atoms with van der Waals surface area (Å²) in [6.07, 6.45) is 1.70. The van der Waals surface area contributed by atoms with Crippen LogP contribution >= 0.6 is 15.9 Å². The second-order valence-corrected chi connectivity index (χ2v) is 3.22. The van der Waals surface area contributed by atoms with Gasteiger partial charge in [-0.15, -0.1) is 0 Å². The van der Waals surface area contributed by atoms with E-state index in [4.69, 9.17) is 4.84 Å². The van der Waals surface area contributed by atoms with Crippen molar-refractivity contribution in [1.29, 1.82) is 0 Å². The number of carbonyl (C=O) groups is 1. The molecule has 0 aromatic carbocycles. The molecule has 1 rings (SSSR count). The molecule has 0 aliphatic rings. The zero-order chi connectivity index (χ0) is 9.84. The van der Waals surface area contributed by atoms with Crippen LogP contribution in [0.5, 0.6) is 0 Å². The predicted molar refractivity (Wildman–Crippen MR) is 50.0 cm³/mol. The molecule has 0 fully saturated rings. The van der Waals surface area contributed by atoms with Crippen LogP contribution in [0, 0.1) is 0 Å². The van der Waals surface area contributed by atoms with Crippen LogP contribution in [-0.4, -0.2) is 22.3 Å². The molecule has 0 spiro atoms. The zero-order valence-electron chi connectivity index (χ0n) is 7.37. The van der Waals surface area contributed by atoms with Crippen molar-refractivity contribution in [1.82, 2.24) is 15.3 Å². The third kappa shape index (κ3) is 2.53. The SMILES string of the molecule is CCONC(=O)c1nn(C)cc1Br. The van der Waals surface area contributed by atoms with E-state index in [1.54, 1.807) is 24.9 Å². The van der Waals surface area contributed by atoms with Gasteiger partial charge in [0.2, 0.25) is 0 Å². The van der Waals surface area contributed by atoms with E-state index < -0.39 is 0 Å². The molecule has 0 radical (unpaired) electrons. The summed E-state index contributed by atoms with van der Waals surface area (Å²) < 4.78 is 2.19. The van der Waals surface area contributed by atoms with Crippen molar-refractivity contribution in [2.24, 2.45) is 7.05 Å². The molecule has 0 unspecified atom stereocenters. The Morgan fingerprint density at radius 2 is 2.54 bits per heavy atom. The van der Waals surface area contributed by atoms with E-state index in [1.165, 1.54) is 0 Å². The number of rotatable bonds is 3. The molecule has 6 heteroatoms. The first-order valence-corrected chi connectivity index (χ1v) is 4.55. The van der Waals surface area contributed by atoms with Crippen LogP contribution in [0.1, 0.15) is 17.4 Å². The topological polar surface area (TPSA) is 56.1 Å². The first kappa shape index (κ1) is 10.2. The Bertz CT molecular complexity index is 311. The lowest BCUT2D eigenvalue weighted by Gasteiger charge is -2.00. The zero-order valence-corrected chi connectivity index (χ0v) is 8.96. The van der Waals surface area contributed by atoms with Crippen molar-refractivity contribution in [2.45, 2.75) is 6.92 Å². The minimum absolute atomic E-state index is 0.316. The Kier molecular flexibility index (Phi) is 3.44. The van der Waals surface area contributed by atoms with Crippen LogP contribution in [0.15, 0.2) is 10.7 Å². The van der Waals surface area contributed by atoms with Gasteiger partial charge in [0.1, 0.15) is 0 Å². The van der Waals surface area contributed by atoms with Crippen LogP contribution in [0.4, 0.5) is 0 Å². The lowest BCUT2D eigenvalue weighted by atomic mass is 10.4. The summed E-state index contributed by atoms with van der Waals surface area (Å²) in [5, 5.41) is 3.94. The highest BCUT2D eigenvalue weighted by Gasteiger charge is 2.13. The number of halogens is 1. The molecule has 1 aromatic rings. The van der Waals surface area contributed by atoms with E-state index in [1.807, 2.05) is 0 Å². The first-order chi connectivity index (χ1) is 6.15. The Hall–Kier alpha value is -0.880. The Morgan fingerprint density at radius 1 is 1.85 bits per heavy atom. The fourth-order valence-electron chi connectivity index (χ4n) is 0.799. The molecule has 1 N–H and O–H groups in total. The van der Waals surface area contributed by atoms with E-state index in [0.29, 0.717) is 16.8 Å². The van der Waals surface area contributed by atoms with Crippen molar-refractivity contribution >= 4 is 21.8 Å². The molecule has 72 valence electrons. The number of aromatic nitrogens is 2. The van der Waals surface area contributed by atoms with Gasteiger partial charge in [0.05, 0.1) is 11.1 Å². The van der Waals surface area contributed by atoms with Gasteiger partial charge >= 0.3 is 0 Å². The largest absolute Gasteiger partial charge is 0.296 e. The highest BCUT2D eigenvalue weighted by atomic mass is 79.9. The van der Waals surface area contributed by atoms with E-state index in [0.717, 1.165) is 0 Å². The summed E-state index contributed by atoms with van der Waals surface area (Å²) >= 11 is 3.21. The van der Waals surface area contributed by atoms with Crippen molar-refractivity contribution in [3.8, 4) is 0 Å². The van der Waals surface area contributed by atoms with Crippen LogP contribution in [0.2, 0.25) is 0 Å². The second kappa shape index (κ2) is 4.38. The molecular weight excluding hydrogens is 238 g/mol. The summed E-state index contributed by atoms with van der Waals surface area (Å²) in [5.41, 5.74) is 2.57. The third-order valence-corrected chi connectivity index (χ3v) is 1.89. The third-order valence-electron chi connectivity index (χ3n) is 1.31. The Morgan fingerprint density at radius 3 is 3.00 bits per heavy atom. The fourth-order valence-corrected chi connectivity index (χ4v) is 1.36. The first-order valence-electron chi connectivity index (χ1n) is 3.76. The molecule has 1 aromatic heterocycles. The van der Waals surface area contributed by atoms with Gasteiger partial charge in [0.25, 0.3) is 5.91 Å². The summed E-state index contributed by atoms with van der Waals surface area (Å²) in [7, 11) is 1.74. The molecule has 5 nitrogen and oxygen atoms in total. The summed E-state index contributed by atoms with van der Waals surface area (Å²) in [6.45, 7) is 2.21. The summed E-state index contributed by atoms with van der Waals surface area (Å²) in [5.74, 6) is -0.352. The molecule has 1 heterocycles. The van der Waals surface area contributed by atoms with Crippen molar-refractivity contribution in [3.05, 3.63) is 16.4 Å². The standard InChI is InChI=1S/C7H10BrN3O2/c1-3-13-10-7(12)6-5(8)4-11(2)9-6/h4H,3H2,1-2H3,(H,10,12). The highest BCUT2D eigenvalue weighted by Crippen LogP contribution is 2.13. The fraction of sp³-hybridized carbons (Fsp3) is 0.429.